The van der Waals surface area contributed by atoms with Crippen LogP contribution in [0.2, 0.25) is 0 Å². The Morgan fingerprint density at radius 1 is 1.12 bits per heavy atom. The number of aromatic hydroxyl groups is 1. The Hall–Kier alpha value is -2.70. The van der Waals surface area contributed by atoms with Crippen molar-refractivity contribution in [2.24, 2.45) is 4.99 Å². The molecule has 2 heterocycles. The van der Waals surface area contributed by atoms with Crippen LogP contribution in [0.5, 0.6) is 5.75 Å². The molecule has 0 bridgehead atoms. The first-order valence-corrected chi connectivity index (χ1v) is 8.88. The van der Waals surface area contributed by atoms with Gasteiger partial charge in [-0.05, 0) is 30.8 Å². The van der Waals surface area contributed by atoms with E-state index in [-0.39, 0.29) is 17.9 Å². The summed E-state index contributed by atoms with van der Waals surface area (Å²) in [6.45, 7) is 1.96. The number of hydroxylamine groups is 1. The van der Waals surface area contributed by atoms with Crippen molar-refractivity contribution >= 4 is 23.0 Å². The molecule has 0 saturated carbocycles. The number of para-hydroxylation sites is 1. The molecule has 0 aliphatic carbocycles. The van der Waals surface area contributed by atoms with Gasteiger partial charge >= 0.3 is 0 Å². The predicted octanol–water partition coefficient (Wildman–Crippen LogP) is 3.70. The van der Waals surface area contributed by atoms with Crippen LogP contribution in [-0.2, 0) is 4.84 Å². The zero-order valence-corrected chi connectivity index (χ0v) is 15.1. The molecule has 0 spiro atoms. The van der Waals surface area contributed by atoms with Gasteiger partial charge in [-0.15, -0.1) is 0 Å². The van der Waals surface area contributed by atoms with E-state index in [2.05, 4.69) is 27.9 Å². The number of phenols is 1. The molecule has 0 radical (unpaired) electrons. The summed E-state index contributed by atoms with van der Waals surface area (Å²) in [4.78, 5) is 10.2. The van der Waals surface area contributed by atoms with Crippen LogP contribution in [0, 0.1) is 0 Å². The van der Waals surface area contributed by atoms with E-state index >= 15 is 0 Å². The van der Waals surface area contributed by atoms with Crippen LogP contribution in [0.25, 0.3) is 0 Å². The highest BCUT2D eigenvalue weighted by molar-refractivity contribution is 7.80. The molecule has 3 N–H and O–H groups in total. The van der Waals surface area contributed by atoms with Crippen LogP contribution >= 0.6 is 12.2 Å². The fraction of sp³-hybridized carbons (Fsp3) is 0.200. The fourth-order valence-corrected chi connectivity index (χ4v) is 3.70. The minimum absolute atomic E-state index is 0.0876. The highest BCUT2D eigenvalue weighted by Gasteiger charge is 2.32. The molecule has 4 rings (SSSR count). The molecule has 26 heavy (non-hydrogen) atoms. The van der Waals surface area contributed by atoms with Crippen LogP contribution in [0.15, 0.2) is 70.9 Å². The summed E-state index contributed by atoms with van der Waals surface area (Å²) in [5, 5.41) is 13.9. The lowest BCUT2D eigenvalue weighted by atomic mass is 9.91. The topological polar surface area (TPSA) is 65.9 Å². The molecule has 6 heteroatoms. The van der Waals surface area contributed by atoms with Crippen molar-refractivity contribution in [1.82, 2.24) is 10.8 Å². The monoisotopic (exact) mass is 365 g/mol. The van der Waals surface area contributed by atoms with Gasteiger partial charge in [0.05, 0.1) is 6.04 Å². The highest BCUT2D eigenvalue weighted by atomic mass is 32.1. The number of nitrogens with zero attached hydrogens (tertiary/aromatic N) is 1. The van der Waals surface area contributed by atoms with Gasteiger partial charge in [0.25, 0.3) is 0 Å². The van der Waals surface area contributed by atoms with Crippen molar-refractivity contribution in [3.63, 3.8) is 0 Å². The van der Waals surface area contributed by atoms with Crippen molar-refractivity contribution in [3.8, 4) is 5.75 Å². The van der Waals surface area contributed by atoms with E-state index in [1.807, 2.05) is 37.3 Å². The smallest absolute Gasteiger partial charge is 0.193 e. The summed E-state index contributed by atoms with van der Waals surface area (Å²) in [7, 11) is 0. The number of aliphatic imine (C=N–C) groups is 1. The fourth-order valence-electron chi connectivity index (χ4n) is 3.45. The third-order valence-corrected chi connectivity index (χ3v) is 4.88. The molecule has 2 aromatic rings. The normalized spacial score (nSPS) is 25.4. The molecule has 2 aliphatic rings. The van der Waals surface area contributed by atoms with Gasteiger partial charge in [-0.1, -0.05) is 48.5 Å². The van der Waals surface area contributed by atoms with Gasteiger partial charge in [-0.25, -0.2) is 4.99 Å². The third-order valence-electron chi connectivity index (χ3n) is 4.67. The second kappa shape index (κ2) is 6.90. The average molecular weight is 365 g/mol. The SMILES string of the molecule is CC1=NC(=S)NC(c2ccccc2)/C1=C1/CC(c2ccccc2O)ON1. The zero-order chi connectivity index (χ0) is 18.1. The molecule has 1 saturated heterocycles. The van der Waals surface area contributed by atoms with E-state index in [1.54, 1.807) is 12.1 Å². The molecule has 0 amide bonds. The lowest BCUT2D eigenvalue weighted by Gasteiger charge is -2.28. The Bertz CT molecular complexity index is 908. The van der Waals surface area contributed by atoms with Gasteiger partial charge in [0.15, 0.2) is 5.11 Å². The molecule has 5 nitrogen and oxygen atoms in total. The highest BCUT2D eigenvalue weighted by Crippen LogP contribution is 2.38. The van der Waals surface area contributed by atoms with E-state index in [1.165, 1.54) is 0 Å². The summed E-state index contributed by atoms with van der Waals surface area (Å²) in [5.41, 5.74) is 7.77. The van der Waals surface area contributed by atoms with E-state index in [0.717, 1.165) is 28.1 Å². The van der Waals surface area contributed by atoms with Crippen molar-refractivity contribution < 1.29 is 9.94 Å². The number of rotatable bonds is 2. The molecule has 2 aliphatic heterocycles. The summed E-state index contributed by atoms with van der Waals surface area (Å²) >= 11 is 5.30. The number of phenolic OH excluding ortho intramolecular Hbond substituents is 1. The largest absolute Gasteiger partial charge is 0.508 e. The van der Waals surface area contributed by atoms with Gasteiger partial charge in [-0.2, -0.15) is 0 Å². The van der Waals surface area contributed by atoms with Crippen molar-refractivity contribution in [2.45, 2.75) is 25.5 Å². The summed E-state index contributed by atoms with van der Waals surface area (Å²) in [5.74, 6) is 0.235. The van der Waals surface area contributed by atoms with Crippen molar-refractivity contribution in [2.75, 3.05) is 0 Å². The maximum Gasteiger partial charge on any atom is 0.193 e. The Balaban J connectivity index is 1.72. The van der Waals surface area contributed by atoms with Crippen molar-refractivity contribution in [1.29, 1.82) is 0 Å². The second-order valence-electron chi connectivity index (χ2n) is 6.35. The van der Waals surface area contributed by atoms with Gasteiger partial charge in [0.1, 0.15) is 11.9 Å². The molecule has 2 aromatic carbocycles. The third kappa shape index (κ3) is 3.09. The quantitative estimate of drug-likeness (QED) is 0.708. The number of hydrogen-bond donors (Lipinski definition) is 3. The Morgan fingerprint density at radius 3 is 2.62 bits per heavy atom. The predicted molar refractivity (Wildman–Crippen MR) is 105 cm³/mol. The molecule has 132 valence electrons. The Morgan fingerprint density at radius 2 is 1.85 bits per heavy atom. The first-order chi connectivity index (χ1) is 12.6. The Kier molecular flexibility index (Phi) is 4.44. The maximum atomic E-state index is 10.1. The molecular weight excluding hydrogens is 346 g/mol. The van der Waals surface area contributed by atoms with Crippen LogP contribution in [0.3, 0.4) is 0 Å². The minimum Gasteiger partial charge on any atom is -0.508 e. The first-order valence-electron chi connectivity index (χ1n) is 8.47. The number of benzene rings is 2. The van der Waals surface area contributed by atoms with Crippen LogP contribution in [0.1, 0.15) is 36.6 Å². The Labute approximate surface area is 157 Å². The maximum absolute atomic E-state index is 10.1. The number of hydrogen-bond acceptors (Lipinski definition) is 4. The van der Waals surface area contributed by atoms with Gasteiger partial charge < -0.3 is 10.4 Å². The molecule has 2 unspecified atom stereocenters. The average Bonchev–Trinajstić information content (AvgIpc) is 3.11. The lowest BCUT2D eigenvalue weighted by molar-refractivity contribution is 0.0374. The van der Waals surface area contributed by atoms with Crippen molar-refractivity contribution in [3.05, 3.63) is 77.0 Å². The minimum atomic E-state index is -0.253. The standard InChI is InChI=1S/C20H19N3O2S/c1-12-18(19(22-20(26)21-12)13-7-3-2-4-8-13)15-11-17(25-23-15)14-9-5-6-10-16(14)24/h2-10,17,19,23-24H,11H2,1H3,(H,22,26)/b18-15-. The number of thiocarbonyl (C=S) groups is 1. The van der Waals surface area contributed by atoms with E-state index in [9.17, 15) is 5.11 Å². The zero-order valence-electron chi connectivity index (χ0n) is 14.3. The molecule has 0 aromatic heterocycles. The van der Waals surface area contributed by atoms with E-state index < -0.39 is 0 Å². The lowest BCUT2D eigenvalue weighted by Crippen LogP contribution is -2.36. The van der Waals surface area contributed by atoms with E-state index in [0.29, 0.717) is 11.5 Å². The molecular formula is C20H19N3O2S. The first kappa shape index (κ1) is 16.8. The van der Waals surface area contributed by atoms with Gasteiger partial charge in [0, 0.05) is 29.0 Å². The summed E-state index contributed by atoms with van der Waals surface area (Å²) < 4.78 is 0. The number of nitrogens with one attached hydrogen (secondary N) is 2. The van der Waals surface area contributed by atoms with Gasteiger partial charge in [0.2, 0.25) is 0 Å². The molecule has 2 atom stereocenters. The second-order valence-corrected chi connectivity index (χ2v) is 6.74. The van der Waals surface area contributed by atoms with E-state index in [4.69, 9.17) is 17.1 Å². The van der Waals surface area contributed by atoms with Crippen LogP contribution in [0.4, 0.5) is 0 Å². The van der Waals surface area contributed by atoms with Crippen LogP contribution in [-0.4, -0.2) is 15.9 Å². The van der Waals surface area contributed by atoms with Crippen LogP contribution < -0.4 is 10.8 Å². The summed E-state index contributed by atoms with van der Waals surface area (Å²) in [6.07, 6.45) is 0.370. The molecule has 1 fully saturated rings. The summed E-state index contributed by atoms with van der Waals surface area (Å²) in [6, 6.07) is 17.3. The van der Waals surface area contributed by atoms with Gasteiger partial charge in [-0.3, -0.25) is 10.3 Å².